The van der Waals surface area contributed by atoms with Crippen LogP contribution < -0.4 is 5.32 Å². The fourth-order valence-electron chi connectivity index (χ4n) is 2.50. The number of nitrogens with one attached hydrogen (secondary N) is 1. The summed E-state index contributed by atoms with van der Waals surface area (Å²) in [6.45, 7) is 7.32. The highest BCUT2D eigenvalue weighted by Crippen LogP contribution is 2.23. The normalized spacial score (nSPS) is 21.1. The van der Waals surface area contributed by atoms with Crippen molar-refractivity contribution >= 4 is 16.5 Å². The SMILES string of the molecule is CCNc1ncc(CN2CCCC(COC)C2)s1. The number of ether oxygens (including phenoxy) is 1. The topological polar surface area (TPSA) is 37.4 Å². The van der Waals surface area contributed by atoms with E-state index >= 15 is 0 Å². The molecule has 2 heterocycles. The van der Waals surface area contributed by atoms with Crippen LogP contribution in [0.2, 0.25) is 0 Å². The smallest absolute Gasteiger partial charge is 0.182 e. The number of thiazole rings is 1. The molecule has 1 saturated heterocycles. The van der Waals surface area contributed by atoms with E-state index in [-0.39, 0.29) is 0 Å². The molecule has 0 bridgehead atoms. The second-order valence-corrected chi connectivity index (χ2v) is 5.98. The number of nitrogens with zero attached hydrogens (tertiary/aromatic N) is 2. The Labute approximate surface area is 113 Å². The average molecular weight is 269 g/mol. The van der Waals surface area contributed by atoms with Crippen molar-refractivity contribution in [3.63, 3.8) is 0 Å². The lowest BCUT2D eigenvalue weighted by atomic mass is 9.99. The molecule has 1 aliphatic heterocycles. The Bertz CT molecular complexity index is 354. The van der Waals surface area contributed by atoms with E-state index in [1.54, 1.807) is 18.4 Å². The number of hydrogen-bond acceptors (Lipinski definition) is 5. The molecule has 0 aromatic carbocycles. The van der Waals surface area contributed by atoms with Gasteiger partial charge in [-0.3, -0.25) is 4.90 Å². The second kappa shape index (κ2) is 7.07. The standard InChI is InChI=1S/C13H23N3OS/c1-3-14-13-15-7-12(18-13)9-16-6-4-5-11(8-16)10-17-2/h7,11H,3-6,8-10H2,1-2H3,(H,14,15). The van der Waals surface area contributed by atoms with Crippen molar-refractivity contribution in [3.05, 3.63) is 11.1 Å². The number of aromatic nitrogens is 1. The van der Waals surface area contributed by atoms with Crippen LogP contribution in [0.4, 0.5) is 5.13 Å². The van der Waals surface area contributed by atoms with Gasteiger partial charge in [0.2, 0.25) is 0 Å². The summed E-state index contributed by atoms with van der Waals surface area (Å²) in [6, 6.07) is 0. The van der Waals surface area contributed by atoms with E-state index in [1.807, 2.05) is 6.20 Å². The highest BCUT2D eigenvalue weighted by Gasteiger charge is 2.20. The molecular weight excluding hydrogens is 246 g/mol. The van der Waals surface area contributed by atoms with Crippen LogP contribution >= 0.6 is 11.3 Å². The lowest BCUT2D eigenvalue weighted by Crippen LogP contribution is -2.36. The van der Waals surface area contributed by atoms with E-state index in [0.717, 1.165) is 31.4 Å². The van der Waals surface area contributed by atoms with Crippen LogP contribution in [-0.4, -0.2) is 43.2 Å². The Balaban J connectivity index is 1.84. The molecule has 1 aromatic heterocycles. The summed E-state index contributed by atoms with van der Waals surface area (Å²) < 4.78 is 5.27. The zero-order valence-electron chi connectivity index (χ0n) is 11.3. The van der Waals surface area contributed by atoms with Crippen LogP contribution in [0, 0.1) is 5.92 Å². The molecule has 1 fully saturated rings. The molecule has 0 aliphatic carbocycles. The highest BCUT2D eigenvalue weighted by molar-refractivity contribution is 7.15. The maximum atomic E-state index is 5.27. The van der Waals surface area contributed by atoms with Crippen LogP contribution in [0.5, 0.6) is 0 Å². The molecule has 0 saturated carbocycles. The van der Waals surface area contributed by atoms with E-state index in [2.05, 4.69) is 22.1 Å². The van der Waals surface area contributed by atoms with Gasteiger partial charge < -0.3 is 10.1 Å². The first kappa shape index (κ1) is 13.8. The molecule has 1 aromatic rings. The van der Waals surface area contributed by atoms with Crippen LogP contribution in [-0.2, 0) is 11.3 Å². The predicted molar refractivity (Wildman–Crippen MR) is 76.2 cm³/mol. The molecule has 102 valence electrons. The fourth-order valence-corrected chi connectivity index (χ4v) is 3.42. The third kappa shape index (κ3) is 3.93. The Kier molecular flexibility index (Phi) is 5.41. The van der Waals surface area contributed by atoms with Gasteiger partial charge in [0, 0.05) is 37.8 Å². The third-order valence-corrected chi connectivity index (χ3v) is 4.21. The van der Waals surface area contributed by atoms with E-state index in [0.29, 0.717) is 5.92 Å². The van der Waals surface area contributed by atoms with Gasteiger partial charge in [0.25, 0.3) is 0 Å². The first-order valence-electron chi connectivity index (χ1n) is 6.71. The molecule has 1 atom stereocenters. The van der Waals surface area contributed by atoms with Crippen LogP contribution in [0.15, 0.2) is 6.20 Å². The fraction of sp³-hybridized carbons (Fsp3) is 0.769. The summed E-state index contributed by atoms with van der Waals surface area (Å²) in [5, 5.41) is 4.30. The first-order valence-corrected chi connectivity index (χ1v) is 7.53. The number of anilines is 1. The van der Waals surface area contributed by atoms with E-state index < -0.39 is 0 Å². The van der Waals surface area contributed by atoms with Gasteiger partial charge in [0.05, 0.1) is 6.61 Å². The summed E-state index contributed by atoms with van der Waals surface area (Å²) in [4.78, 5) is 8.26. The number of hydrogen-bond donors (Lipinski definition) is 1. The Hall–Kier alpha value is -0.650. The van der Waals surface area contributed by atoms with Crippen molar-refractivity contribution in [2.24, 2.45) is 5.92 Å². The first-order chi connectivity index (χ1) is 8.81. The van der Waals surface area contributed by atoms with E-state index in [9.17, 15) is 0 Å². The summed E-state index contributed by atoms with van der Waals surface area (Å²) in [5.74, 6) is 0.699. The summed E-state index contributed by atoms with van der Waals surface area (Å²) in [5.41, 5.74) is 0. The monoisotopic (exact) mass is 269 g/mol. The molecule has 5 heteroatoms. The van der Waals surface area contributed by atoms with Crippen molar-refractivity contribution in [1.29, 1.82) is 0 Å². The number of likely N-dealkylation sites (tertiary alicyclic amines) is 1. The zero-order valence-corrected chi connectivity index (χ0v) is 12.1. The van der Waals surface area contributed by atoms with Crippen molar-refractivity contribution < 1.29 is 4.74 Å². The maximum Gasteiger partial charge on any atom is 0.182 e. The van der Waals surface area contributed by atoms with Gasteiger partial charge in [-0.1, -0.05) is 0 Å². The molecule has 0 spiro atoms. The largest absolute Gasteiger partial charge is 0.384 e. The van der Waals surface area contributed by atoms with E-state index in [4.69, 9.17) is 4.74 Å². The summed E-state index contributed by atoms with van der Waals surface area (Å²) in [6.07, 6.45) is 4.59. The van der Waals surface area contributed by atoms with Crippen molar-refractivity contribution in [2.45, 2.75) is 26.3 Å². The highest BCUT2D eigenvalue weighted by atomic mass is 32.1. The van der Waals surface area contributed by atoms with Gasteiger partial charge >= 0.3 is 0 Å². The van der Waals surface area contributed by atoms with E-state index in [1.165, 1.54) is 24.3 Å². The third-order valence-electron chi connectivity index (χ3n) is 3.27. The van der Waals surface area contributed by atoms with Gasteiger partial charge in [-0.25, -0.2) is 4.98 Å². The number of piperidine rings is 1. The molecular formula is C13H23N3OS. The zero-order chi connectivity index (χ0) is 12.8. The Morgan fingerprint density at radius 3 is 3.28 bits per heavy atom. The summed E-state index contributed by atoms with van der Waals surface area (Å²) in [7, 11) is 1.80. The van der Waals surface area contributed by atoms with Gasteiger partial charge in [0.1, 0.15) is 0 Å². The Morgan fingerprint density at radius 1 is 1.61 bits per heavy atom. The molecule has 1 aliphatic rings. The van der Waals surface area contributed by atoms with Crippen LogP contribution in [0.3, 0.4) is 0 Å². The molecule has 1 unspecified atom stereocenters. The molecule has 2 rings (SSSR count). The molecule has 1 N–H and O–H groups in total. The Morgan fingerprint density at radius 2 is 2.50 bits per heavy atom. The van der Waals surface area contributed by atoms with Gasteiger partial charge in [-0.15, -0.1) is 11.3 Å². The minimum atomic E-state index is 0.699. The lowest BCUT2D eigenvalue weighted by molar-refractivity contribution is 0.0878. The number of methoxy groups -OCH3 is 1. The molecule has 0 radical (unpaired) electrons. The minimum Gasteiger partial charge on any atom is -0.384 e. The maximum absolute atomic E-state index is 5.27. The van der Waals surface area contributed by atoms with Crippen molar-refractivity contribution in [3.8, 4) is 0 Å². The predicted octanol–water partition coefficient (Wildman–Crippen LogP) is 2.43. The van der Waals surface area contributed by atoms with Crippen molar-refractivity contribution in [1.82, 2.24) is 9.88 Å². The molecule has 0 amide bonds. The van der Waals surface area contributed by atoms with Crippen LogP contribution in [0.25, 0.3) is 0 Å². The second-order valence-electron chi connectivity index (χ2n) is 4.86. The van der Waals surface area contributed by atoms with Gasteiger partial charge in [-0.2, -0.15) is 0 Å². The summed E-state index contributed by atoms with van der Waals surface area (Å²) >= 11 is 1.77. The van der Waals surface area contributed by atoms with Gasteiger partial charge in [-0.05, 0) is 32.2 Å². The lowest BCUT2D eigenvalue weighted by Gasteiger charge is -2.31. The molecule has 18 heavy (non-hydrogen) atoms. The van der Waals surface area contributed by atoms with Crippen LogP contribution in [0.1, 0.15) is 24.6 Å². The molecule has 4 nitrogen and oxygen atoms in total. The van der Waals surface area contributed by atoms with Crippen molar-refractivity contribution in [2.75, 3.05) is 38.7 Å². The van der Waals surface area contributed by atoms with Gasteiger partial charge in [0.15, 0.2) is 5.13 Å². The number of rotatable bonds is 6. The quantitative estimate of drug-likeness (QED) is 0.860. The minimum absolute atomic E-state index is 0.699. The average Bonchev–Trinajstić information content (AvgIpc) is 2.78.